The van der Waals surface area contributed by atoms with Gasteiger partial charge in [0, 0.05) is 61.5 Å². The molecule has 3 aliphatic rings. The summed E-state index contributed by atoms with van der Waals surface area (Å²) in [6.07, 6.45) is 4.40. The van der Waals surface area contributed by atoms with E-state index in [1.54, 1.807) is 47.4 Å². The number of carboxylic acids is 1. The van der Waals surface area contributed by atoms with Crippen molar-refractivity contribution >= 4 is 28.7 Å². The van der Waals surface area contributed by atoms with Crippen LogP contribution in [-0.2, 0) is 11.0 Å². The quantitative estimate of drug-likeness (QED) is 0.160. The number of aliphatic carboxylic acids is 1. The molecule has 1 aromatic carbocycles. The zero-order chi connectivity index (χ0) is 37.8. The van der Waals surface area contributed by atoms with E-state index in [-0.39, 0.29) is 36.0 Å². The topological polar surface area (TPSA) is 135 Å². The lowest BCUT2D eigenvalue weighted by atomic mass is 9.78. The first kappa shape index (κ1) is 35.4. The molecule has 11 nitrogen and oxygen atoms in total. The lowest BCUT2D eigenvalue weighted by Crippen LogP contribution is -2.57. The van der Waals surface area contributed by atoms with Gasteiger partial charge in [0.2, 0.25) is 5.95 Å². The molecule has 8 rings (SSSR count). The molecule has 0 radical (unpaired) electrons. The molecule has 280 valence electrons. The van der Waals surface area contributed by atoms with Gasteiger partial charge in [-0.25, -0.2) is 29.1 Å². The van der Waals surface area contributed by atoms with E-state index in [2.05, 4.69) is 30.2 Å². The van der Waals surface area contributed by atoms with Gasteiger partial charge in [-0.05, 0) is 85.9 Å². The molecule has 1 saturated heterocycles. The second-order valence-electron chi connectivity index (χ2n) is 14.7. The molecule has 5 aromatic rings. The van der Waals surface area contributed by atoms with Crippen LogP contribution >= 0.6 is 0 Å². The number of halogens is 4. The van der Waals surface area contributed by atoms with Crippen LogP contribution in [-0.4, -0.2) is 66.2 Å². The minimum Gasteiger partial charge on any atom is -0.490 e. The van der Waals surface area contributed by atoms with Gasteiger partial charge in [-0.2, -0.15) is 13.2 Å². The van der Waals surface area contributed by atoms with E-state index in [9.17, 15) is 32.3 Å². The number of aromatic nitrogens is 5. The summed E-state index contributed by atoms with van der Waals surface area (Å²) in [4.78, 5) is 45.2. The smallest absolute Gasteiger partial charge is 0.434 e. The number of ether oxygens (including phenoxy) is 1. The Labute approximate surface area is 307 Å². The third kappa shape index (κ3) is 6.60. The molecule has 1 aliphatic heterocycles. The summed E-state index contributed by atoms with van der Waals surface area (Å²) >= 11 is 0. The van der Waals surface area contributed by atoms with Crippen LogP contribution in [0.4, 0.5) is 23.5 Å². The van der Waals surface area contributed by atoms with Crippen LogP contribution in [0.5, 0.6) is 5.75 Å². The van der Waals surface area contributed by atoms with E-state index in [1.165, 1.54) is 18.2 Å². The normalized spacial score (nSPS) is 23.1. The fourth-order valence-corrected chi connectivity index (χ4v) is 8.69. The molecule has 2 N–H and O–H groups in total. The SMILES string of the molecule is CC1CC2CC(C1)C(NC(=O)c1ccc(-c3cn(-c4ccc(F)cn4)c4cc(OC5CCN(c6ncccn6)CC5)ccc34)nc1C(F)(F)F)(C(=O)O)C2. The van der Waals surface area contributed by atoms with Crippen molar-refractivity contribution in [3.63, 3.8) is 0 Å². The summed E-state index contributed by atoms with van der Waals surface area (Å²) < 4.78 is 66.1. The second-order valence-corrected chi connectivity index (χ2v) is 14.7. The van der Waals surface area contributed by atoms with Gasteiger partial charge in [-0.15, -0.1) is 0 Å². The summed E-state index contributed by atoms with van der Waals surface area (Å²) in [7, 11) is 0. The summed E-state index contributed by atoms with van der Waals surface area (Å²) in [5.41, 5.74) is -3.09. The number of anilines is 1. The summed E-state index contributed by atoms with van der Waals surface area (Å²) in [6.45, 7) is 3.40. The number of carboxylic acid groups (broad SMARTS) is 1. The largest absolute Gasteiger partial charge is 0.490 e. The Morgan fingerprint density at radius 3 is 2.48 bits per heavy atom. The lowest BCUT2D eigenvalue weighted by Gasteiger charge is -2.33. The number of hydrogen-bond acceptors (Lipinski definition) is 8. The maximum absolute atomic E-state index is 14.7. The first-order chi connectivity index (χ1) is 25.9. The van der Waals surface area contributed by atoms with E-state index in [0.717, 1.165) is 18.7 Å². The van der Waals surface area contributed by atoms with Crippen molar-refractivity contribution in [2.45, 2.75) is 63.3 Å². The number of piperidine rings is 1. The molecule has 4 atom stereocenters. The van der Waals surface area contributed by atoms with Crippen molar-refractivity contribution in [2.75, 3.05) is 18.0 Å². The molecule has 15 heteroatoms. The molecule has 2 aliphatic carbocycles. The number of nitrogens with zero attached hydrogens (tertiary/aromatic N) is 6. The Hall–Kier alpha value is -5.60. The van der Waals surface area contributed by atoms with Gasteiger partial charge in [0.1, 0.15) is 29.0 Å². The number of alkyl halides is 3. The predicted octanol–water partition coefficient (Wildman–Crippen LogP) is 7.09. The monoisotopic (exact) mass is 743 g/mol. The van der Waals surface area contributed by atoms with Gasteiger partial charge >= 0.3 is 12.1 Å². The van der Waals surface area contributed by atoms with Crippen LogP contribution in [0.1, 0.15) is 61.5 Å². The van der Waals surface area contributed by atoms with Crippen molar-refractivity contribution in [3.05, 3.63) is 90.4 Å². The summed E-state index contributed by atoms with van der Waals surface area (Å²) in [6, 6.07) is 12.0. The van der Waals surface area contributed by atoms with Crippen LogP contribution in [0.15, 0.2) is 73.3 Å². The molecule has 4 aromatic heterocycles. The van der Waals surface area contributed by atoms with Crippen LogP contribution < -0.4 is 15.0 Å². The third-order valence-corrected chi connectivity index (χ3v) is 11.1. The standard InChI is InChI=1S/C39H37F4N7O4/c1-22-15-23-17-24(16-22)38(19-23,36(52)53)48-35(51)29-6-7-31(47-34(29)39(41,42)43)30-21-50(33-8-3-25(40)20-46-33)32-18-27(4-5-28(30)32)54-26-9-13-49(14-10-26)37-44-11-2-12-45-37/h2-8,11-12,18,20-24,26H,9-10,13-17,19H2,1H3,(H,48,51)(H,52,53). The number of pyridine rings is 2. The fraction of sp³-hybridized carbons (Fsp3) is 0.385. The Morgan fingerprint density at radius 1 is 1.00 bits per heavy atom. The zero-order valence-corrected chi connectivity index (χ0v) is 29.3. The van der Waals surface area contributed by atoms with E-state index >= 15 is 0 Å². The summed E-state index contributed by atoms with van der Waals surface area (Å²) in [5.74, 6) is -1.51. The number of carbonyl (C=O) groups excluding carboxylic acids is 1. The summed E-state index contributed by atoms with van der Waals surface area (Å²) in [5, 5.41) is 13.3. The van der Waals surface area contributed by atoms with E-state index < -0.39 is 40.7 Å². The predicted molar refractivity (Wildman–Crippen MR) is 190 cm³/mol. The second kappa shape index (κ2) is 13.7. The van der Waals surface area contributed by atoms with E-state index in [0.29, 0.717) is 72.8 Å². The molecular weight excluding hydrogens is 706 g/mol. The van der Waals surface area contributed by atoms with Crippen molar-refractivity contribution in [2.24, 2.45) is 17.8 Å². The van der Waals surface area contributed by atoms with E-state index in [1.807, 2.05) is 6.92 Å². The molecule has 4 unspecified atom stereocenters. The highest BCUT2D eigenvalue weighted by molar-refractivity contribution is 6.01. The maximum Gasteiger partial charge on any atom is 0.434 e. The minimum absolute atomic E-state index is 0.0688. The minimum atomic E-state index is -5.04. The van der Waals surface area contributed by atoms with Crippen molar-refractivity contribution < 1.29 is 37.0 Å². The third-order valence-electron chi connectivity index (χ3n) is 11.1. The van der Waals surface area contributed by atoms with Crippen molar-refractivity contribution in [1.82, 2.24) is 29.8 Å². The molecule has 5 heterocycles. The first-order valence-corrected chi connectivity index (χ1v) is 18.0. The van der Waals surface area contributed by atoms with Crippen LogP contribution in [0.25, 0.3) is 28.0 Å². The number of hydrogen-bond donors (Lipinski definition) is 2. The molecule has 2 bridgehead atoms. The first-order valence-electron chi connectivity index (χ1n) is 18.0. The van der Waals surface area contributed by atoms with Crippen molar-refractivity contribution in [1.29, 1.82) is 0 Å². The van der Waals surface area contributed by atoms with Crippen LogP contribution in [0.2, 0.25) is 0 Å². The Balaban J connectivity index is 1.12. The van der Waals surface area contributed by atoms with Gasteiger partial charge < -0.3 is 24.6 Å². The fourth-order valence-electron chi connectivity index (χ4n) is 8.69. The van der Waals surface area contributed by atoms with Gasteiger partial charge in [-0.3, -0.25) is 4.79 Å². The number of nitrogens with one attached hydrogen (secondary N) is 1. The van der Waals surface area contributed by atoms with Crippen LogP contribution in [0, 0.1) is 23.6 Å². The van der Waals surface area contributed by atoms with Gasteiger partial charge in [0.25, 0.3) is 5.91 Å². The number of benzene rings is 1. The highest BCUT2D eigenvalue weighted by atomic mass is 19.4. The average Bonchev–Trinajstić information content (AvgIpc) is 3.66. The number of rotatable bonds is 8. The van der Waals surface area contributed by atoms with Gasteiger partial charge in [0.15, 0.2) is 5.69 Å². The highest BCUT2D eigenvalue weighted by Gasteiger charge is 2.56. The Kier molecular flexibility index (Phi) is 8.97. The van der Waals surface area contributed by atoms with Crippen LogP contribution in [0.3, 0.4) is 0 Å². The number of carbonyl (C=O) groups is 2. The Bertz CT molecular complexity index is 2210. The van der Waals surface area contributed by atoms with Gasteiger partial charge in [0.05, 0.1) is 23.0 Å². The molecule has 2 saturated carbocycles. The molecule has 54 heavy (non-hydrogen) atoms. The molecule has 0 spiro atoms. The highest BCUT2D eigenvalue weighted by Crippen LogP contribution is 2.51. The average molecular weight is 744 g/mol. The zero-order valence-electron chi connectivity index (χ0n) is 29.3. The molecule has 1 amide bonds. The lowest BCUT2D eigenvalue weighted by molar-refractivity contribution is -0.146. The van der Waals surface area contributed by atoms with E-state index in [4.69, 9.17) is 4.74 Å². The maximum atomic E-state index is 14.7. The number of fused-ring (bicyclic) bond motifs is 3. The van der Waals surface area contributed by atoms with Gasteiger partial charge in [-0.1, -0.05) is 6.92 Å². The Morgan fingerprint density at radius 2 is 1.78 bits per heavy atom. The number of amides is 1. The van der Waals surface area contributed by atoms with Crippen molar-refractivity contribution in [3.8, 4) is 22.8 Å². The molecular formula is C39H37F4N7O4. The molecule has 3 fully saturated rings.